The lowest BCUT2D eigenvalue weighted by molar-refractivity contribution is 0.0887. The summed E-state index contributed by atoms with van der Waals surface area (Å²) in [7, 11) is 0. The number of benzene rings is 1. The highest BCUT2D eigenvalue weighted by molar-refractivity contribution is 5.91. The third-order valence-electron chi connectivity index (χ3n) is 2.57. The van der Waals surface area contributed by atoms with E-state index in [9.17, 15) is 9.18 Å². The number of hydrogen-bond donors (Lipinski definition) is 1. The molecule has 0 saturated heterocycles. The average Bonchev–Trinajstić information content (AvgIpc) is 2.85. The molecule has 1 heterocycles. The molecule has 0 spiro atoms. The smallest absolute Gasteiger partial charge is 0.287 e. The van der Waals surface area contributed by atoms with E-state index in [-0.39, 0.29) is 29.6 Å². The Hall–Kier alpha value is -2.30. The number of carbonyl (C=O) groups is 1. The molecule has 0 bridgehead atoms. The molecule has 0 fully saturated rings. The van der Waals surface area contributed by atoms with Crippen molar-refractivity contribution in [3.63, 3.8) is 0 Å². The molecule has 1 amide bonds. The summed E-state index contributed by atoms with van der Waals surface area (Å²) < 4.78 is 23.6. The first-order valence-electron chi connectivity index (χ1n) is 6.63. The summed E-state index contributed by atoms with van der Waals surface area (Å²) in [6.07, 6.45) is 0. The quantitative estimate of drug-likeness (QED) is 0.937. The maximum absolute atomic E-state index is 12.8. The Bertz CT molecular complexity index is 611. The zero-order chi connectivity index (χ0) is 15.5. The number of halogens is 1. The van der Waals surface area contributed by atoms with E-state index >= 15 is 0 Å². The van der Waals surface area contributed by atoms with Crippen LogP contribution in [0.1, 0.15) is 37.1 Å². The molecule has 4 nitrogen and oxygen atoms in total. The number of hydrogen-bond acceptors (Lipinski definition) is 3. The molecule has 5 heteroatoms. The number of amides is 1. The van der Waals surface area contributed by atoms with E-state index in [2.05, 4.69) is 5.32 Å². The molecule has 0 aliphatic heterocycles. The summed E-state index contributed by atoms with van der Waals surface area (Å²) in [5, 5.41) is 2.81. The average molecular weight is 291 g/mol. The third-order valence-corrected chi connectivity index (χ3v) is 2.57. The van der Waals surface area contributed by atoms with Gasteiger partial charge in [-0.15, -0.1) is 0 Å². The zero-order valence-electron chi connectivity index (χ0n) is 12.3. The van der Waals surface area contributed by atoms with Gasteiger partial charge in [0.2, 0.25) is 0 Å². The lowest BCUT2D eigenvalue weighted by atomic mass is 10.1. The summed E-state index contributed by atoms with van der Waals surface area (Å²) in [6.45, 7) is 5.86. The van der Waals surface area contributed by atoms with Crippen molar-refractivity contribution in [3.8, 4) is 5.75 Å². The molecule has 1 N–H and O–H groups in total. The Balaban J connectivity index is 1.94. The monoisotopic (exact) mass is 291 g/mol. The topological polar surface area (TPSA) is 51.5 Å². The van der Waals surface area contributed by atoms with Gasteiger partial charge in [0.25, 0.3) is 5.91 Å². The van der Waals surface area contributed by atoms with E-state index in [4.69, 9.17) is 9.15 Å². The minimum atomic E-state index is -0.325. The van der Waals surface area contributed by atoms with Gasteiger partial charge in [0.05, 0.1) is 0 Å². The van der Waals surface area contributed by atoms with Gasteiger partial charge >= 0.3 is 0 Å². The van der Waals surface area contributed by atoms with Gasteiger partial charge in [0.15, 0.2) is 5.76 Å². The number of carbonyl (C=O) groups excluding carboxylic acids is 1. The summed E-state index contributed by atoms with van der Waals surface area (Å²) in [6, 6.07) is 8.99. The normalized spacial score (nSPS) is 11.2. The Labute approximate surface area is 122 Å². The molecule has 21 heavy (non-hydrogen) atoms. The van der Waals surface area contributed by atoms with Crippen molar-refractivity contribution in [2.24, 2.45) is 0 Å². The molecule has 0 atom stereocenters. The standard InChI is InChI=1S/C16H18FNO3/c1-16(2,3)18-15(19)14-9-8-13(21-14)10-20-12-6-4-11(17)5-7-12/h4-9H,10H2,1-3H3,(H,18,19). The fourth-order valence-corrected chi connectivity index (χ4v) is 1.66. The Morgan fingerprint density at radius 1 is 1.19 bits per heavy atom. The van der Waals surface area contributed by atoms with Crippen LogP contribution in [0.25, 0.3) is 0 Å². The fourth-order valence-electron chi connectivity index (χ4n) is 1.66. The van der Waals surface area contributed by atoms with Crippen LogP contribution in [-0.4, -0.2) is 11.4 Å². The van der Waals surface area contributed by atoms with Gasteiger partial charge in [0, 0.05) is 5.54 Å². The van der Waals surface area contributed by atoms with Crippen LogP contribution < -0.4 is 10.1 Å². The molecule has 0 unspecified atom stereocenters. The number of ether oxygens (including phenoxy) is 1. The van der Waals surface area contributed by atoms with Gasteiger partial charge in [-0.3, -0.25) is 4.79 Å². The third kappa shape index (κ3) is 4.63. The van der Waals surface area contributed by atoms with E-state index in [0.29, 0.717) is 11.5 Å². The molecule has 1 aromatic carbocycles. The number of nitrogens with one attached hydrogen (secondary N) is 1. The maximum Gasteiger partial charge on any atom is 0.287 e. The van der Waals surface area contributed by atoms with Crippen LogP contribution >= 0.6 is 0 Å². The van der Waals surface area contributed by atoms with Crippen molar-refractivity contribution in [2.45, 2.75) is 32.9 Å². The largest absolute Gasteiger partial charge is 0.486 e. The van der Waals surface area contributed by atoms with Crippen molar-refractivity contribution < 1.29 is 18.3 Å². The van der Waals surface area contributed by atoms with Crippen molar-refractivity contribution in [1.82, 2.24) is 5.32 Å². The number of rotatable bonds is 4. The van der Waals surface area contributed by atoms with E-state index in [1.165, 1.54) is 24.3 Å². The molecule has 0 aliphatic carbocycles. The van der Waals surface area contributed by atoms with Gasteiger partial charge in [-0.1, -0.05) is 0 Å². The van der Waals surface area contributed by atoms with E-state index in [0.717, 1.165) is 0 Å². The van der Waals surface area contributed by atoms with Crippen LogP contribution in [0.2, 0.25) is 0 Å². The van der Waals surface area contributed by atoms with Gasteiger partial charge in [0.1, 0.15) is 23.9 Å². The van der Waals surface area contributed by atoms with Crippen LogP contribution in [0.4, 0.5) is 4.39 Å². The predicted molar refractivity (Wildman–Crippen MR) is 76.7 cm³/mol. The second kappa shape index (κ2) is 5.99. The van der Waals surface area contributed by atoms with Crippen molar-refractivity contribution in [3.05, 3.63) is 53.7 Å². The molecule has 112 valence electrons. The Morgan fingerprint density at radius 2 is 1.86 bits per heavy atom. The van der Waals surface area contributed by atoms with Crippen LogP contribution in [0, 0.1) is 5.82 Å². The van der Waals surface area contributed by atoms with Crippen LogP contribution in [0.5, 0.6) is 5.75 Å². The lowest BCUT2D eigenvalue weighted by Gasteiger charge is -2.19. The lowest BCUT2D eigenvalue weighted by Crippen LogP contribution is -2.40. The van der Waals surface area contributed by atoms with E-state index in [1.54, 1.807) is 12.1 Å². The highest BCUT2D eigenvalue weighted by atomic mass is 19.1. The van der Waals surface area contributed by atoms with Gasteiger partial charge in [-0.25, -0.2) is 4.39 Å². The Morgan fingerprint density at radius 3 is 2.48 bits per heavy atom. The van der Waals surface area contributed by atoms with Crippen LogP contribution in [-0.2, 0) is 6.61 Å². The van der Waals surface area contributed by atoms with Gasteiger partial charge in [-0.2, -0.15) is 0 Å². The van der Waals surface area contributed by atoms with E-state index < -0.39 is 0 Å². The minimum Gasteiger partial charge on any atom is -0.486 e. The van der Waals surface area contributed by atoms with Gasteiger partial charge in [-0.05, 0) is 57.2 Å². The summed E-state index contributed by atoms with van der Waals surface area (Å²) in [4.78, 5) is 11.9. The predicted octanol–water partition coefficient (Wildman–Crippen LogP) is 3.53. The van der Waals surface area contributed by atoms with Crippen LogP contribution in [0.15, 0.2) is 40.8 Å². The highest BCUT2D eigenvalue weighted by Gasteiger charge is 2.18. The molecule has 0 radical (unpaired) electrons. The fraction of sp³-hybridized carbons (Fsp3) is 0.312. The Kier molecular flexibility index (Phi) is 4.31. The second-order valence-corrected chi connectivity index (χ2v) is 5.71. The van der Waals surface area contributed by atoms with Gasteiger partial charge < -0.3 is 14.5 Å². The summed E-state index contributed by atoms with van der Waals surface area (Å²) in [5.41, 5.74) is -0.325. The molecule has 0 saturated carbocycles. The molecular weight excluding hydrogens is 273 g/mol. The molecule has 0 aliphatic rings. The van der Waals surface area contributed by atoms with Crippen molar-refractivity contribution in [1.29, 1.82) is 0 Å². The molecular formula is C16H18FNO3. The molecule has 2 rings (SSSR count). The minimum absolute atomic E-state index is 0.175. The highest BCUT2D eigenvalue weighted by Crippen LogP contribution is 2.15. The SMILES string of the molecule is CC(C)(C)NC(=O)c1ccc(COc2ccc(F)cc2)o1. The first-order valence-corrected chi connectivity index (χ1v) is 6.63. The number of furan rings is 1. The molecule has 1 aromatic heterocycles. The van der Waals surface area contributed by atoms with Crippen molar-refractivity contribution >= 4 is 5.91 Å². The summed E-state index contributed by atoms with van der Waals surface area (Å²) in [5.74, 6) is 0.714. The molecule has 2 aromatic rings. The van der Waals surface area contributed by atoms with Crippen molar-refractivity contribution in [2.75, 3.05) is 0 Å². The first kappa shape index (κ1) is 15.1. The zero-order valence-corrected chi connectivity index (χ0v) is 12.3. The van der Waals surface area contributed by atoms with E-state index in [1.807, 2.05) is 20.8 Å². The second-order valence-electron chi connectivity index (χ2n) is 5.71. The van der Waals surface area contributed by atoms with Crippen LogP contribution in [0.3, 0.4) is 0 Å². The first-order chi connectivity index (χ1) is 9.83. The maximum atomic E-state index is 12.8. The summed E-state index contributed by atoms with van der Waals surface area (Å²) >= 11 is 0.